The SMILES string of the molecule is CC(C)[Si](c1cc2c(c([Si](C(C)C)(C(C)C)C(C)C)c1)B(c1c([Si](C(C)C)(C(C)C)C(C)C)cc([Si](C(C)C)(C(C)C)C(C)C)cc1[Si](C(C)C)(C(C)C)C(C)C)c1c-2cc2ccc3c4c(ccc1c24)=CC1c2cc([Si](C(C)C)(C(C)C)C(C)C)cc([Si](C(C)C)(C(C)C)C(C)C)c2B(c2c([Si](C(C)C)(C(C)C)C(C)C)cc([Si](C(C)C)(C(C)C)C(C)C)cc2[Si](C(C)C)(C(C)C)C(C)C)C31)(C(C)C)C(C)C. The van der Waals surface area contributed by atoms with Crippen LogP contribution in [-0.2, 0) is 0 Å². The second kappa shape index (κ2) is 43.4. The molecule has 2 unspecified atom stereocenters. The average molecular weight is 2090 g/mol. The summed E-state index contributed by atoms with van der Waals surface area (Å²) in [4.78, 5) is 0. The van der Waals surface area contributed by atoms with E-state index < -0.39 is 80.7 Å². The van der Waals surface area contributed by atoms with E-state index >= 15 is 0 Å². The Kier molecular flexibility index (Phi) is 37.0. The van der Waals surface area contributed by atoms with E-state index in [-0.39, 0.29) is 25.2 Å². The van der Waals surface area contributed by atoms with Crippen molar-refractivity contribution in [1.82, 2.24) is 0 Å². The highest BCUT2D eigenvalue weighted by Crippen LogP contribution is 2.57. The monoisotopic (exact) mass is 2090 g/mol. The van der Waals surface area contributed by atoms with E-state index in [1.807, 2.05) is 57.9 Å². The second-order valence-corrected chi connectivity index (χ2v) is 117. The van der Waals surface area contributed by atoms with Crippen LogP contribution >= 0.6 is 0 Å². The molecule has 0 aromatic heterocycles. The van der Waals surface area contributed by atoms with Gasteiger partial charge in [0.2, 0.25) is 13.4 Å². The van der Waals surface area contributed by atoms with Gasteiger partial charge in [-0.25, -0.2) is 0 Å². The molecule has 12 heteroatoms. The molecule has 0 saturated carbocycles. The Bertz CT molecular complexity index is 5320. The zero-order valence-electron chi connectivity index (χ0n) is 105. The van der Waals surface area contributed by atoms with Crippen molar-refractivity contribution in [3.05, 3.63) is 95.2 Å². The van der Waals surface area contributed by atoms with Crippen molar-refractivity contribution in [2.75, 3.05) is 0 Å². The predicted molar refractivity (Wildman–Crippen MR) is 688 cm³/mol. The van der Waals surface area contributed by atoms with Gasteiger partial charge in [0.05, 0.1) is 80.7 Å². The number of fused-ring (bicyclic) bond motifs is 8. The Morgan fingerprint density at radius 3 is 0.655 bits per heavy atom. The van der Waals surface area contributed by atoms with Crippen molar-refractivity contribution in [1.29, 1.82) is 0 Å². The molecule has 0 amide bonds. The first-order chi connectivity index (χ1) is 65.3. The lowest BCUT2D eigenvalue weighted by molar-refractivity contribution is 0.827. The molecule has 2 atom stereocenters. The highest BCUT2D eigenvalue weighted by Gasteiger charge is 2.64. The van der Waals surface area contributed by atoms with Crippen molar-refractivity contribution in [3.63, 3.8) is 0 Å². The summed E-state index contributed by atoms with van der Waals surface area (Å²) in [7, 11) is -25.8. The van der Waals surface area contributed by atoms with Gasteiger partial charge in [0.1, 0.15) is 0 Å². The van der Waals surface area contributed by atoms with Gasteiger partial charge < -0.3 is 0 Å². The van der Waals surface area contributed by atoms with E-state index in [1.165, 1.54) is 10.6 Å². The van der Waals surface area contributed by atoms with Crippen LogP contribution in [0.5, 0.6) is 0 Å². The van der Waals surface area contributed by atoms with Crippen LogP contribution in [0.15, 0.2) is 78.9 Å². The molecule has 3 aliphatic rings. The van der Waals surface area contributed by atoms with E-state index in [0.717, 1.165) is 0 Å². The molecule has 0 fully saturated rings. The minimum Gasteiger partial charge on any atom is -0.0748 e. The van der Waals surface area contributed by atoms with Crippen molar-refractivity contribution in [3.8, 4) is 11.1 Å². The summed E-state index contributed by atoms with van der Waals surface area (Å²) in [6.45, 7) is 165. The zero-order chi connectivity index (χ0) is 108. The van der Waals surface area contributed by atoms with Gasteiger partial charge in [-0.3, -0.25) is 0 Å². The molecule has 0 N–H and O–H groups in total. The maximum Gasteiger partial charge on any atom is 0.243 e. The van der Waals surface area contributed by atoms with Gasteiger partial charge in [0, 0.05) is 5.92 Å². The van der Waals surface area contributed by atoms with Gasteiger partial charge in [-0.2, -0.15) is 0 Å². The van der Waals surface area contributed by atoms with Gasteiger partial charge in [-0.1, -0.05) is 573 Å². The molecule has 0 saturated heterocycles. The Morgan fingerprint density at radius 2 is 0.401 bits per heavy atom. The van der Waals surface area contributed by atoms with Crippen LogP contribution in [0.3, 0.4) is 0 Å². The molecule has 7 aromatic rings. The molecule has 7 aromatic carbocycles. The standard InChI is InChI=1S/C130H226B2Si10/c1-75(2)133(76(3)4,77(5)6)107-67-115-113-65-105-61-64-112-124-106(62-63-111(123(105)124)125(113)131(127(115)117(69-107)137(87(25)26,88(27)28)89(29)30)129-119(139(93(37)38,94(39)40)95(41)42)71-109(135(81(13)14,82(15)16)83(17)18)72-120(129)140(96(43)44,97(45)46)98(47)48)66-114-116-68-108(134(78(7)8,79(9)10)80(11)12)70-118(138(90(31)32,91(33)34)92(35)36)128(116)132(126(112)114)130-121(141(99(49)50,100(51)52)101(53)54)73-110(136(84(19)20,85(21)22)86(23)24)74-122(130)142(102(55)56,103(57)58)104(59)60/h61-104,113,125H,1-60H3. The van der Waals surface area contributed by atoms with Crippen molar-refractivity contribution >= 4 is 201 Å². The highest BCUT2D eigenvalue weighted by atomic mass is 28.3. The first-order valence-electron chi connectivity index (χ1n) is 60.1. The van der Waals surface area contributed by atoms with E-state index in [0.29, 0.717) is 166 Å². The summed E-state index contributed by atoms with van der Waals surface area (Å²) in [5, 5.41) is 26.4. The van der Waals surface area contributed by atoms with E-state index in [4.69, 9.17) is 0 Å². The van der Waals surface area contributed by atoms with Gasteiger partial charge in [0.15, 0.2) is 0 Å². The minimum atomic E-state index is -2.72. The maximum absolute atomic E-state index is 3.22. The summed E-state index contributed by atoms with van der Waals surface area (Å²) in [5.41, 5.74) is 31.4. The minimum absolute atomic E-state index is 0.00724. The number of benzene rings is 7. The number of hydrogen-bond acceptors (Lipinski definition) is 0. The van der Waals surface area contributed by atoms with E-state index in [9.17, 15) is 0 Å². The van der Waals surface area contributed by atoms with Gasteiger partial charge >= 0.3 is 0 Å². The molecule has 10 rings (SSSR count). The van der Waals surface area contributed by atoms with Crippen molar-refractivity contribution in [2.45, 2.75) is 593 Å². The topological polar surface area (TPSA) is 0 Å². The molecule has 2 heterocycles. The Morgan fingerprint density at radius 1 is 0.183 bits per heavy atom. The van der Waals surface area contributed by atoms with Crippen LogP contribution in [0.1, 0.15) is 438 Å². The van der Waals surface area contributed by atoms with E-state index in [2.05, 4.69) is 500 Å². The predicted octanol–water partition coefficient (Wildman–Crippen LogP) is 33.9. The van der Waals surface area contributed by atoms with Crippen LogP contribution in [0, 0.1) is 0 Å². The first kappa shape index (κ1) is 121. The number of rotatable bonds is 42. The third kappa shape index (κ3) is 17.0. The van der Waals surface area contributed by atoms with Crippen molar-refractivity contribution in [2.24, 2.45) is 0 Å². The second-order valence-electron chi connectivity index (χ2n) is 58.2. The summed E-state index contributed by atoms with van der Waals surface area (Å²) >= 11 is 0. The third-order valence-electron chi connectivity index (χ3n) is 45.0. The largest absolute Gasteiger partial charge is 0.243 e. The summed E-state index contributed by atoms with van der Waals surface area (Å²) in [5.74, 6) is 0.303. The molecule has 2 aliphatic heterocycles. The molecule has 1 aliphatic carbocycles. The molecule has 0 bridgehead atoms. The third-order valence-corrected chi connectivity index (χ3v) is 116. The summed E-state index contributed by atoms with van der Waals surface area (Å²) < 4.78 is 0. The number of hydrogen-bond donors (Lipinski definition) is 0. The lowest BCUT2D eigenvalue weighted by atomic mass is 9.34. The summed E-state index contributed by atoms with van der Waals surface area (Å²) in [6, 6.07) is 40.0. The first-order valence-corrected chi connectivity index (χ1v) is 82.4. The van der Waals surface area contributed by atoms with Gasteiger partial charge in [-0.15, -0.1) is 0 Å². The smallest absolute Gasteiger partial charge is 0.0748 e. The molecular formula is C130H226B2Si10. The molecular weight excluding hydrogens is 1860 g/mol. The normalized spacial score (nSPS) is 16.3. The van der Waals surface area contributed by atoms with Crippen LogP contribution in [0.25, 0.3) is 38.7 Å². The van der Waals surface area contributed by atoms with Crippen LogP contribution in [-0.4, -0.2) is 94.2 Å². The molecule has 0 spiro atoms. The van der Waals surface area contributed by atoms with Gasteiger partial charge in [0.25, 0.3) is 0 Å². The maximum atomic E-state index is 3.22. The molecule has 0 nitrogen and oxygen atoms in total. The Balaban J connectivity index is 1.73. The van der Waals surface area contributed by atoms with Crippen LogP contribution < -0.4 is 84.4 Å². The highest BCUT2D eigenvalue weighted by molar-refractivity contribution is 7.15. The molecule has 792 valence electrons. The van der Waals surface area contributed by atoms with Crippen LogP contribution in [0.2, 0.25) is 166 Å². The van der Waals surface area contributed by atoms with Crippen LogP contribution in [0.4, 0.5) is 0 Å². The lowest BCUT2D eigenvalue weighted by Crippen LogP contribution is -2.78. The van der Waals surface area contributed by atoms with Gasteiger partial charge in [-0.05, 0) is 227 Å². The Hall–Kier alpha value is -2.64. The molecule has 0 radical (unpaired) electrons. The molecule has 142 heavy (non-hydrogen) atoms. The van der Waals surface area contributed by atoms with E-state index in [1.54, 1.807) is 59.7 Å². The zero-order valence-corrected chi connectivity index (χ0v) is 115. The fraction of sp³-hybridized carbons (Fsp3) is 0.708. The summed E-state index contributed by atoms with van der Waals surface area (Å²) in [6.07, 6.45) is 3.10. The Labute approximate surface area is 893 Å². The average Bonchev–Trinajstić information content (AvgIpc) is 1.47. The fourth-order valence-corrected chi connectivity index (χ4v) is 113. The lowest BCUT2D eigenvalue weighted by Gasteiger charge is -2.52. The van der Waals surface area contributed by atoms with Crippen molar-refractivity contribution < 1.29 is 0 Å². The quantitative estimate of drug-likeness (QED) is 0.0335. The fourth-order valence-electron chi connectivity index (χ4n) is 42.5.